The highest BCUT2D eigenvalue weighted by atomic mass is 35.5. The number of fused-ring (bicyclic) bond motifs is 1. The molecule has 7 heteroatoms. The molecule has 0 aliphatic carbocycles. The monoisotopic (exact) mass is 398 g/mol. The van der Waals surface area contributed by atoms with Crippen LogP contribution in [0.15, 0.2) is 52.9 Å². The van der Waals surface area contributed by atoms with Crippen LogP contribution in [0.4, 0.5) is 5.69 Å². The van der Waals surface area contributed by atoms with E-state index in [0.717, 1.165) is 5.56 Å². The van der Waals surface area contributed by atoms with Crippen molar-refractivity contribution in [2.75, 3.05) is 31.6 Å². The normalized spacial score (nSPS) is 14.2. The number of halogens is 1. The minimum absolute atomic E-state index is 0.102. The number of hydrogen-bond donors (Lipinski definition) is 1. The predicted octanol–water partition coefficient (Wildman–Crippen LogP) is 3.74. The van der Waals surface area contributed by atoms with E-state index >= 15 is 0 Å². The van der Waals surface area contributed by atoms with Gasteiger partial charge in [0.05, 0.1) is 19.6 Å². The molecule has 0 bridgehead atoms. The highest BCUT2D eigenvalue weighted by Gasteiger charge is 2.27. The number of furan rings is 1. The Balaban J connectivity index is 1.64. The highest BCUT2D eigenvalue weighted by Crippen LogP contribution is 2.32. The molecule has 0 spiro atoms. The van der Waals surface area contributed by atoms with Gasteiger partial charge in [0, 0.05) is 23.5 Å². The van der Waals surface area contributed by atoms with Gasteiger partial charge in [0.25, 0.3) is 5.91 Å². The first-order valence-electron chi connectivity index (χ1n) is 9.05. The van der Waals surface area contributed by atoms with Crippen LogP contribution in [0.1, 0.15) is 16.1 Å². The number of carbonyl (C=O) groups is 2. The van der Waals surface area contributed by atoms with E-state index in [-0.39, 0.29) is 24.0 Å². The molecule has 3 aromatic rings. The van der Waals surface area contributed by atoms with Crippen LogP contribution in [0.25, 0.3) is 11.0 Å². The quantitative estimate of drug-likeness (QED) is 0.726. The number of nitrogens with one attached hydrogen (secondary N) is 1. The topological polar surface area (TPSA) is 71.8 Å². The third kappa shape index (κ3) is 3.74. The molecule has 2 aromatic carbocycles. The second kappa shape index (κ2) is 8.04. The summed E-state index contributed by atoms with van der Waals surface area (Å²) in [6.07, 6.45) is 0.102. The molecule has 1 aliphatic heterocycles. The summed E-state index contributed by atoms with van der Waals surface area (Å²) in [4.78, 5) is 27.3. The molecule has 0 radical (unpaired) electrons. The predicted molar refractivity (Wildman–Crippen MR) is 107 cm³/mol. The van der Waals surface area contributed by atoms with Crippen molar-refractivity contribution < 1.29 is 18.7 Å². The Morgan fingerprint density at radius 1 is 1.04 bits per heavy atom. The molecule has 144 valence electrons. The molecule has 2 amide bonds. The summed E-state index contributed by atoms with van der Waals surface area (Å²) in [6, 6.07) is 14.4. The van der Waals surface area contributed by atoms with Gasteiger partial charge >= 0.3 is 0 Å². The number of nitrogens with zero attached hydrogens (tertiary/aromatic N) is 1. The van der Waals surface area contributed by atoms with Gasteiger partial charge in [0.1, 0.15) is 11.3 Å². The minimum atomic E-state index is -0.268. The van der Waals surface area contributed by atoms with Gasteiger partial charge in [-0.15, -0.1) is 0 Å². The standard InChI is InChI=1S/C21H19ClN2O4/c22-16-7-3-1-5-14(16)13-18(25)23-19-15-6-2-4-8-17(15)28-20(19)21(26)24-9-11-27-12-10-24/h1-8H,9-13H2,(H,23,25). The summed E-state index contributed by atoms with van der Waals surface area (Å²) >= 11 is 6.16. The largest absolute Gasteiger partial charge is 0.449 e. The van der Waals surface area contributed by atoms with Gasteiger partial charge in [-0.2, -0.15) is 0 Å². The lowest BCUT2D eigenvalue weighted by Crippen LogP contribution is -2.40. The third-order valence-corrected chi connectivity index (χ3v) is 5.03. The molecule has 6 nitrogen and oxygen atoms in total. The van der Waals surface area contributed by atoms with Crippen molar-refractivity contribution in [3.8, 4) is 0 Å². The van der Waals surface area contributed by atoms with Crippen LogP contribution in [-0.2, 0) is 16.0 Å². The number of anilines is 1. The van der Waals surface area contributed by atoms with E-state index in [1.54, 1.807) is 23.1 Å². The van der Waals surface area contributed by atoms with Gasteiger partial charge in [-0.05, 0) is 23.8 Å². The van der Waals surface area contributed by atoms with Gasteiger partial charge in [-0.25, -0.2) is 0 Å². The summed E-state index contributed by atoms with van der Waals surface area (Å²) < 4.78 is 11.1. The van der Waals surface area contributed by atoms with E-state index in [2.05, 4.69) is 5.32 Å². The van der Waals surface area contributed by atoms with Gasteiger partial charge in [0.15, 0.2) is 0 Å². The van der Waals surface area contributed by atoms with E-state index in [4.69, 9.17) is 20.8 Å². The van der Waals surface area contributed by atoms with Crippen molar-refractivity contribution in [1.82, 2.24) is 4.90 Å². The fraction of sp³-hybridized carbons (Fsp3) is 0.238. The average Bonchev–Trinajstić information content (AvgIpc) is 3.08. The van der Waals surface area contributed by atoms with Crippen LogP contribution in [0.2, 0.25) is 5.02 Å². The number of morpholine rings is 1. The molecule has 1 N–H and O–H groups in total. The Labute approximate surface area is 167 Å². The molecule has 4 rings (SSSR count). The maximum Gasteiger partial charge on any atom is 0.291 e. The summed E-state index contributed by atoms with van der Waals surface area (Å²) in [7, 11) is 0. The number of benzene rings is 2. The highest BCUT2D eigenvalue weighted by molar-refractivity contribution is 6.31. The molecule has 1 aromatic heterocycles. The van der Waals surface area contributed by atoms with Crippen LogP contribution in [0.3, 0.4) is 0 Å². The average molecular weight is 399 g/mol. The molecule has 0 saturated carbocycles. The minimum Gasteiger partial charge on any atom is -0.449 e. The van der Waals surface area contributed by atoms with Crippen molar-refractivity contribution in [3.63, 3.8) is 0 Å². The number of ether oxygens (including phenoxy) is 1. The third-order valence-electron chi connectivity index (χ3n) is 4.66. The lowest BCUT2D eigenvalue weighted by Gasteiger charge is -2.26. The lowest BCUT2D eigenvalue weighted by molar-refractivity contribution is -0.115. The van der Waals surface area contributed by atoms with Gasteiger partial charge < -0.3 is 19.4 Å². The molecule has 1 aliphatic rings. The number of amides is 2. The van der Waals surface area contributed by atoms with Crippen LogP contribution in [0.5, 0.6) is 0 Å². The van der Waals surface area contributed by atoms with Gasteiger partial charge in [-0.1, -0.05) is 41.9 Å². The van der Waals surface area contributed by atoms with E-state index in [9.17, 15) is 9.59 Å². The fourth-order valence-corrected chi connectivity index (χ4v) is 3.43. The molecule has 0 atom stereocenters. The van der Waals surface area contributed by atoms with Crippen molar-refractivity contribution >= 4 is 40.1 Å². The smallest absolute Gasteiger partial charge is 0.291 e. The van der Waals surface area contributed by atoms with E-state index in [1.165, 1.54) is 0 Å². The number of carbonyl (C=O) groups excluding carboxylic acids is 2. The van der Waals surface area contributed by atoms with Crippen molar-refractivity contribution in [1.29, 1.82) is 0 Å². The van der Waals surface area contributed by atoms with Crippen molar-refractivity contribution in [3.05, 3.63) is 64.9 Å². The number of rotatable bonds is 4. The zero-order valence-corrected chi connectivity index (χ0v) is 15.9. The SMILES string of the molecule is O=C(Cc1ccccc1Cl)Nc1c(C(=O)N2CCOCC2)oc2ccccc12. The van der Waals surface area contributed by atoms with E-state index in [1.807, 2.05) is 30.3 Å². The number of hydrogen-bond acceptors (Lipinski definition) is 4. The second-order valence-electron chi connectivity index (χ2n) is 6.52. The zero-order valence-electron chi connectivity index (χ0n) is 15.1. The first kappa shape index (κ1) is 18.5. The Morgan fingerprint density at radius 3 is 2.54 bits per heavy atom. The van der Waals surface area contributed by atoms with Crippen LogP contribution in [0, 0.1) is 0 Å². The van der Waals surface area contributed by atoms with Gasteiger partial charge in [0.2, 0.25) is 11.7 Å². The first-order chi connectivity index (χ1) is 13.6. The molecular formula is C21H19ClN2O4. The summed E-state index contributed by atoms with van der Waals surface area (Å²) in [5, 5.41) is 4.07. The first-order valence-corrected chi connectivity index (χ1v) is 9.43. The maximum absolute atomic E-state index is 13.0. The molecular weight excluding hydrogens is 380 g/mol. The Kier molecular flexibility index (Phi) is 5.32. The van der Waals surface area contributed by atoms with E-state index in [0.29, 0.717) is 48.0 Å². The molecule has 28 heavy (non-hydrogen) atoms. The second-order valence-corrected chi connectivity index (χ2v) is 6.93. The molecule has 2 heterocycles. The Hall–Kier alpha value is -2.83. The summed E-state index contributed by atoms with van der Waals surface area (Å²) in [5.74, 6) is -0.390. The molecule has 0 unspecified atom stereocenters. The molecule has 1 fully saturated rings. The van der Waals surface area contributed by atoms with Gasteiger partial charge in [-0.3, -0.25) is 9.59 Å². The summed E-state index contributed by atoms with van der Waals surface area (Å²) in [6.45, 7) is 1.95. The Morgan fingerprint density at radius 2 is 1.75 bits per heavy atom. The summed E-state index contributed by atoms with van der Waals surface area (Å²) in [5.41, 5.74) is 1.66. The zero-order chi connectivity index (χ0) is 19.5. The van der Waals surface area contributed by atoms with Crippen molar-refractivity contribution in [2.45, 2.75) is 6.42 Å². The van der Waals surface area contributed by atoms with Crippen LogP contribution in [-0.4, -0.2) is 43.0 Å². The number of para-hydroxylation sites is 1. The van der Waals surface area contributed by atoms with Crippen LogP contribution < -0.4 is 5.32 Å². The fourth-order valence-electron chi connectivity index (χ4n) is 3.23. The lowest BCUT2D eigenvalue weighted by atomic mass is 10.1. The van der Waals surface area contributed by atoms with E-state index < -0.39 is 0 Å². The maximum atomic E-state index is 13.0. The van der Waals surface area contributed by atoms with Crippen LogP contribution >= 0.6 is 11.6 Å². The Bertz CT molecular complexity index is 1020. The van der Waals surface area contributed by atoms with Crippen molar-refractivity contribution in [2.24, 2.45) is 0 Å². The molecule has 1 saturated heterocycles.